The van der Waals surface area contributed by atoms with Crippen LogP contribution in [0.4, 0.5) is 5.82 Å². The van der Waals surface area contributed by atoms with Crippen molar-refractivity contribution in [3.05, 3.63) is 47.4 Å². The second-order valence-electron chi connectivity index (χ2n) is 7.22. The fraction of sp³-hybridized carbons (Fsp3) is 0.429. The van der Waals surface area contributed by atoms with Gasteiger partial charge in [-0.25, -0.2) is 4.98 Å². The minimum atomic E-state index is -0.0131. The molecule has 7 heteroatoms. The highest BCUT2D eigenvalue weighted by molar-refractivity contribution is 5.88. The van der Waals surface area contributed by atoms with Gasteiger partial charge in [-0.3, -0.25) is 4.79 Å². The SMILES string of the molecule is Cc1noc2nc(CCC(=O)NCc3ccccc3)nc(N3CCCCC3)c12. The number of piperidine rings is 1. The topological polar surface area (TPSA) is 84.1 Å². The first kappa shape index (κ1) is 18.4. The quantitative estimate of drug-likeness (QED) is 0.708. The first-order valence-corrected chi connectivity index (χ1v) is 9.89. The van der Waals surface area contributed by atoms with E-state index in [0.717, 1.165) is 48.4 Å². The molecule has 0 unspecified atom stereocenters. The Kier molecular flexibility index (Phi) is 5.50. The molecule has 0 bridgehead atoms. The zero-order chi connectivity index (χ0) is 19.3. The predicted octanol–water partition coefficient (Wildman–Crippen LogP) is 3.17. The van der Waals surface area contributed by atoms with E-state index in [1.165, 1.54) is 6.42 Å². The van der Waals surface area contributed by atoms with Gasteiger partial charge in [-0.05, 0) is 31.7 Å². The summed E-state index contributed by atoms with van der Waals surface area (Å²) in [5, 5.41) is 7.90. The Hall–Kier alpha value is -2.96. The molecule has 0 saturated carbocycles. The maximum Gasteiger partial charge on any atom is 0.263 e. The van der Waals surface area contributed by atoms with E-state index < -0.39 is 0 Å². The lowest BCUT2D eigenvalue weighted by molar-refractivity contribution is -0.121. The van der Waals surface area contributed by atoms with E-state index in [9.17, 15) is 4.79 Å². The predicted molar refractivity (Wildman–Crippen MR) is 107 cm³/mol. The van der Waals surface area contributed by atoms with Crippen molar-refractivity contribution in [2.24, 2.45) is 0 Å². The zero-order valence-corrected chi connectivity index (χ0v) is 16.1. The molecule has 0 aliphatic carbocycles. The Labute approximate surface area is 164 Å². The van der Waals surface area contributed by atoms with Crippen molar-refractivity contribution in [1.29, 1.82) is 0 Å². The number of aromatic nitrogens is 3. The van der Waals surface area contributed by atoms with Gasteiger partial charge in [-0.2, -0.15) is 4.98 Å². The van der Waals surface area contributed by atoms with Crippen LogP contribution in [0.15, 0.2) is 34.9 Å². The molecule has 2 aromatic heterocycles. The van der Waals surface area contributed by atoms with Gasteiger partial charge in [0.1, 0.15) is 17.0 Å². The molecule has 0 spiro atoms. The molecule has 3 aromatic rings. The first-order chi connectivity index (χ1) is 13.7. The standard InChI is InChI=1S/C21H25N5O2/c1-15-19-20(26-12-6-3-7-13-26)23-17(24-21(19)28-25-15)10-11-18(27)22-14-16-8-4-2-5-9-16/h2,4-5,8-9H,3,6-7,10-14H2,1H3,(H,22,27). The summed E-state index contributed by atoms with van der Waals surface area (Å²) in [7, 11) is 0. The van der Waals surface area contributed by atoms with Crippen molar-refractivity contribution in [2.75, 3.05) is 18.0 Å². The summed E-state index contributed by atoms with van der Waals surface area (Å²) in [5.41, 5.74) is 2.40. The van der Waals surface area contributed by atoms with Gasteiger partial charge in [0.05, 0.1) is 5.69 Å². The summed E-state index contributed by atoms with van der Waals surface area (Å²) in [4.78, 5) is 23.8. The van der Waals surface area contributed by atoms with Crippen LogP contribution in [0.3, 0.4) is 0 Å². The van der Waals surface area contributed by atoms with Gasteiger partial charge in [-0.1, -0.05) is 35.5 Å². The lowest BCUT2D eigenvalue weighted by Crippen LogP contribution is -2.30. The van der Waals surface area contributed by atoms with Crippen molar-refractivity contribution >= 4 is 22.8 Å². The monoisotopic (exact) mass is 379 g/mol. The molecule has 1 fully saturated rings. The second kappa shape index (κ2) is 8.37. The van der Waals surface area contributed by atoms with Crippen LogP contribution in [0.2, 0.25) is 0 Å². The molecule has 146 valence electrons. The summed E-state index contributed by atoms with van der Waals surface area (Å²) in [5.74, 6) is 1.50. The minimum absolute atomic E-state index is 0.0131. The maximum atomic E-state index is 12.2. The van der Waals surface area contributed by atoms with Crippen LogP contribution in [0.5, 0.6) is 0 Å². The molecule has 7 nitrogen and oxygen atoms in total. The highest BCUT2D eigenvalue weighted by atomic mass is 16.5. The largest absolute Gasteiger partial charge is 0.356 e. The minimum Gasteiger partial charge on any atom is -0.356 e. The van der Waals surface area contributed by atoms with Gasteiger partial charge in [0.2, 0.25) is 5.91 Å². The van der Waals surface area contributed by atoms with Crippen LogP contribution < -0.4 is 10.2 Å². The number of nitrogens with one attached hydrogen (secondary N) is 1. The van der Waals surface area contributed by atoms with Gasteiger partial charge in [0, 0.05) is 32.5 Å². The second-order valence-corrected chi connectivity index (χ2v) is 7.22. The van der Waals surface area contributed by atoms with E-state index in [1.807, 2.05) is 37.3 Å². The van der Waals surface area contributed by atoms with Crippen LogP contribution in [-0.2, 0) is 17.8 Å². The molecule has 4 rings (SSSR count). The smallest absolute Gasteiger partial charge is 0.263 e. The van der Waals surface area contributed by atoms with E-state index in [0.29, 0.717) is 30.9 Å². The summed E-state index contributed by atoms with van der Waals surface area (Å²) in [6.07, 6.45) is 4.38. The number of aryl methyl sites for hydroxylation is 2. The van der Waals surface area contributed by atoms with Crippen molar-refractivity contribution in [3.8, 4) is 0 Å². The summed E-state index contributed by atoms with van der Waals surface area (Å²) in [6.45, 7) is 4.40. The molecule has 1 saturated heterocycles. The van der Waals surface area contributed by atoms with Gasteiger partial charge in [-0.15, -0.1) is 0 Å². The molecule has 0 radical (unpaired) electrons. The number of anilines is 1. The Morgan fingerprint density at radius 3 is 2.71 bits per heavy atom. The third kappa shape index (κ3) is 4.13. The summed E-state index contributed by atoms with van der Waals surface area (Å²) < 4.78 is 5.40. The number of benzene rings is 1. The molecular formula is C21H25N5O2. The molecular weight excluding hydrogens is 354 g/mol. The third-order valence-corrected chi connectivity index (χ3v) is 5.10. The third-order valence-electron chi connectivity index (χ3n) is 5.10. The molecule has 28 heavy (non-hydrogen) atoms. The van der Waals surface area contributed by atoms with Crippen LogP contribution in [0.1, 0.15) is 42.8 Å². The highest BCUT2D eigenvalue weighted by Crippen LogP contribution is 2.29. The van der Waals surface area contributed by atoms with E-state index in [4.69, 9.17) is 9.51 Å². The summed E-state index contributed by atoms with van der Waals surface area (Å²) >= 11 is 0. The van der Waals surface area contributed by atoms with Gasteiger partial charge in [0.25, 0.3) is 5.71 Å². The average molecular weight is 379 g/mol. The Morgan fingerprint density at radius 1 is 1.14 bits per heavy atom. The number of carbonyl (C=O) groups is 1. The lowest BCUT2D eigenvalue weighted by Gasteiger charge is -2.28. The van der Waals surface area contributed by atoms with Crippen LogP contribution >= 0.6 is 0 Å². The van der Waals surface area contributed by atoms with Crippen LogP contribution in [-0.4, -0.2) is 34.1 Å². The van der Waals surface area contributed by atoms with Crippen molar-refractivity contribution in [1.82, 2.24) is 20.4 Å². The molecule has 1 amide bonds. The Morgan fingerprint density at radius 2 is 1.93 bits per heavy atom. The average Bonchev–Trinajstić information content (AvgIpc) is 3.12. The fourth-order valence-corrected chi connectivity index (χ4v) is 3.57. The normalized spacial score (nSPS) is 14.4. The Bertz CT molecular complexity index is 948. The summed E-state index contributed by atoms with van der Waals surface area (Å²) in [6, 6.07) is 9.88. The maximum absolute atomic E-state index is 12.2. The molecule has 1 aliphatic heterocycles. The van der Waals surface area contributed by atoms with Crippen LogP contribution in [0, 0.1) is 6.92 Å². The zero-order valence-electron chi connectivity index (χ0n) is 16.1. The van der Waals surface area contributed by atoms with E-state index in [-0.39, 0.29) is 5.91 Å². The number of hydrogen-bond donors (Lipinski definition) is 1. The van der Waals surface area contributed by atoms with Crippen molar-refractivity contribution < 1.29 is 9.32 Å². The molecule has 1 N–H and O–H groups in total. The first-order valence-electron chi connectivity index (χ1n) is 9.89. The van der Waals surface area contributed by atoms with E-state index in [2.05, 4.69) is 20.4 Å². The number of fused-ring (bicyclic) bond motifs is 1. The lowest BCUT2D eigenvalue weighted by atomic mass is 10.1. The molecule has 1 aromatic carbocycles. The van der Waals surface area contributed by atoms with Gasteiger partial charge >= 0.3 is 0 Å². The van der Waals surface area contributed by atoms with Crippen LogP contribution in [0.25, 0.3) is 11.1 Å². The van der Waals surface area contributed by atoms with Gasteiger partial charge in [0.15, 0.2) is 0 Å². The molecule has 3 heterocycles. The van der Waals surface area contributed by atoms with E-state index >= 15 is 0 Å². The Balaban J connectivity index is 1.45. The number of hydrogen-bond acceptors (Lipinski definition) is 6. The molecule has 0 atom stereocenters. The van der Waals surface area contributed by atoms with Crippen molar-refractivity contribution in [2.45, 2.75) is 45.6 Å². The number of nitrogens with zero attached hydrogens (tertiary/aromatic N) is 4. The van der Waals surface area contributed by atoms with E-state index in [1.54, 1.807) is 0 Å². The number of carbonyl (C=O) groups excluding carboxylic acids is 1. The fourth-order valence-electron chi connectivity index (χ4n) is 3.57. The van der Waals surface area contributed by atoms with Crippen molar-refractivity contribution in [3.63, 3.8) is 0 Å². The van der Waals surface area contributed by atoms with Gasteiger partial charge < -0.3 is 14.7 Å². The number of rotatable bonds is 6. The highest BCUT2D eigenvalue weighted by Gasteiger charge is 2.21. The number of amides is 1. The molecule has 1 aliphatic rings.